The second-order valence-electron chi connectivity index (χ2n) is 5.72. The summed E-state index contributed by atoms with van der Waals surface area (Å²) in [6.45, 7) is 3.02. The summed E-state index contributed by atoms with van der Waals surface area (Å²) in [4.78, 5) is 18.5. The average Bonchev–Trinajstić information content (AvgIpc) is 2.93. The topological polar surface area (TPSA) is 59.4 Å². The summed E-state index contributed by atoms with van der Waals surface area (Å²) in [7, 11) is 2.01. The number of aromatic nitrogens is 2. The van der Waals surface area contributed by atoms with Gasteiger partial charge in [-0.25, -0.2) is 4.98 Å². The normalized spacial score (nSPS) is 14.3. The maximum absolute atomic E-state index is 12.0. The minimum Gasteiger partial charge on any atom is -0.492 e. The van der Waals surface area contributed by atoms with Gasteiger partial charge in [-0.3, -0.25) is 9.69 Å². The smallest absolute Gasteiger partial charge is 0.234 e. The Hall–Kier alpha value is -2.34. The second kappa shape index (κ2) is 7.28. The highest BCUT2D eigenvalue weighted by molar-refractivity contribution is 5.78. The van der Waals surface area contributed by atoms with Gasteiger partial charge in [0.1, 0.15) is 12.4 Å². The van der Waals surface area contributed by atoms with Crippen molar-refractivity contribution in [2.45, 2.75) is 13.0 Å². The van der Waals surface area contributed by atoms with Crippen LogP contribution < -0.4 is 10.1 Å². The Bertz CT molecular complexity index is 654. The molecule has 0 radical (unpaired) electrons. The van der Waals surface area contributed by atoms with Crippen LogP contribution >= 0.6 is 0 Å². The van der Waals surface area contributed by atoms with E-state index >= 15 is 0 Å². The predicted molar refractivity (Wildman–Crippen MR) is 87.1 cm³/mol. The summed E-state index contributed by atoms with van der Waals surface area (Å²) in [5.74, 6) is 0.849. The first-order chi connectivity index (χ1) is 11.2. The average molecular weight is 314 g/mol. The zero-order chi connectivity index (χ0) is 16.1. The van der Waals surface area contributed by atoms with E-state index in [4.69, 9.17) is 4.74 Å². The minimum absolute atomic E-state index is 0.0287. The monoisotopic (exact) mass is 314 g/mol. The Morgan fingerprint density at radius 1 is 1.35 bits per heavy atom. The fraction of sp³-hybridized carbons (Fsp3) is 0.412. The highest BCUT2D eigenvalue weighted by atomic mass is 16.5. The number of rotatable bonds is 6. The molecule has 1 amide bonds. The van der Waals surface area contributed by atoms with Gasteiger partial charge in [0.25, 0.3) is 0 Å². The molecule has 0 atom stereocenters. The first-order valence-corrected chi connectivity index (χ1v) is 7.88. The fourth-order valence-electron chi connectivity index (χ4n) is 2.78. The van der Waals surface area contributed by atoms with Crippen LogP contribution in [0.15, 0.2) is 36.7 Å². The molecule has 1 aromatic heterocycles. The number of imidazole rings is 1. The molecule has 1 aliphatic heterocycles. The van der Waals surface area contributed by atoms with E-state index in [1.54, 1.807) is 0 Å². The number of para-hydroxylation sites is 1. The fourth-order valence-corrected chi connectivity index (χ4v) is 2.78. The summed E-state index contributed by atoms with van der Waals surface area (Å²) in [5.41, 5.74) is 2.36. The van der Waals surface area contributed by atoms with Gasteiger partial charge in [0.05, 0.1) is 25.1 Å². The van der Waals surface area contributed by atoms with Crippen LogP contribution in [0, 0.1) is 0 Å². The number of aryl methyl sites for hydroxylation is 1. The van der Waals surface area contributed by atoms with Crippen LogP contribution in [-0.4, -0.2) is 46.6 Å². The van der Waals surface area contributed by atoms with Crippen molar-refractivity contribution >= 4 is 5.91 Å². The van der Waals surface area contributed by atoms with Crippen LogP contribution in [0.3, 0.4) is 0 Å². The van der Waals surface area contributed by atoms with Crippen molar-refractivity contribution in [3.05, 3.63) is 48.0 Å². The van der Waals surface area contributed by atoms with Crippen molar-refractivity contribution in [2.24, 2.45) is 7.05 Å². The van der Waals surface area contributed by atoms with Gasteiger partial charge in [-0.1, -0.05) is 18.2 Å². The number of ether oxygens (including phenoxy) is 1. The number of fused-ring (bicyclic) bond motifs is 1. The van der Waals surface area contributed by atoms with Gasteiger partial charge in [0.15, 0.2) is 0 Å². The van der Waals surface area contributed by atoms with Crippen molar-refractivity contribution in [3.63, 3.8) is 0 Å². The lowest BCUT2D eigenvalue weighted by Crippen LogP contribution is -2.41. The third-order valence-corrected chi connectivity index (χ3v) is 3.99. The molecular weight excluding hydrogens is 292 g/mol. The quantitative estimate of drug-likeness (QED) is 0.807. The number of carbonyl (C=O) groups is 1. The SMILES string of the molecule is Cn1cnc2c1CCN(CC(=O)NCCOc1ccccc1)C2. The number of hydrogen-bond acceptors (Lipinski definition) is 4. The molecule has 0 saturated carbocycles. The van der Waals surface area contributed by atoms with Gasteiger partial charge in [0, 0.05) is 32.3 Å². The van der Waals surface area contributed by atoms with E-state index in [0.29, 0.717) is 19.7 Å². The number of nitrogens with zero attached hydrogens (tertiary/aromatic N) is 3. The molecule has 23 heavy (non-hydrogen) atoms. The number of amides is 1. The maximum Gasteiger partial charge on any atom is 0.234 e. The Kier molecular flexibility index (Phi) is 4.92. The van der Waals surface area contributed by atoms with Gasteiger partial charge < -0.3 is 14.6 Å². The van der Waals surface area contributed by atoms with Crippen LogP contribution in [0.25, 0.3) is 0 Å². The Labute approximate surface area is 136 Å². The minimum atomic E-state index is 0.0287. The van der Waals surface area contributed by atoms with Gasteiger partial charge in [-0.05, 0) is 12.1 Å². The molecule has 2 heterocycles. The first kappa shape index (κ1) is 15.6. The van der Waals surface area contributed by atoms with Crippen LogP contribution in [0.2, 0.25) is 0 Å². The highest BCUT2D eigenvalue weighted by Gasteiger charge is 2.21. The summed E-state index contributed by atoms with van der Waals surface area (Å²) in [6.07, 6.45) is 2.78. The zero-order valence-electron chi connectivity index (χ0n) is 13.4. The standard InChI is InChI=1S/C17H22N4O2/c1-20-13-19-15-11-21(9-7-16(15)20)12-17(22)18-8-10-23-14-5-3-2-4-6-14/h2-6,13H,7-12H2,1H3,(H,18,22). The van der Waals surface area contributed by atoms with E-state index in [1.807, 2.05) is 43.7 Å². The van der Waals surface area contributed by atoms with E-state index in [9.17, 15) is 4.79 Å². The van der Waals surface area contributed by atoms with Crippen LogP contribution in [-0.2, 0) is 24.8 Å². The summed E-state index contributed by atoms with van der Waals surface area (Å²) < 4.78 is 7.62. The molecule has 1 N–H and O–H groups in total. The van der Waals surface area contributed by atoms with Crippen molar-refractivity contribution in [2.75, 3.05) is 26.2 Å². The van der Waals surface area contributed by atoms with Crippen molar-refractivity contribution in [1.29, 1.82) is 0 Å². The van der Waals surface area contributed by atoms with Crippen molar-refractivity contribution in [3.8, 4) is 5.75 Å². The largest absolute Gasteiger partial charge is 0.492 e. The van der Waals surface area contributed by atoms with Crippen molar-refractivity contribution in [1.82, 2.24) is 19.8 Å². The van der Waals surface area contributed by atoms with Gasteiger partial charge in [0.2, 0.25) is 5.91 Å². The lowest BCUT2D eigenvalue weighted by molar-refractivity contribution is -0.122. The Balaban J connectivity index is 1.37. The maximum atomic E-state index is 12.0. The molecule has 6 nitrogen and oxygen atoms in total. The van der Waals surface area contributed by atoms with E-state index in [2.05, 4.69) is 19.8 Å². The molecule has 1 aliphatic rings. The number of nitrogens with one attached hydrogen (secondary N) is 1. The highest BCUT2D eigenvalue weighted by Crippen LogP contribution is 2.16. The summed E-state index contributed by atoms with van der Waals surface area (Å²) >= 11 is 0. The molecule has 0 aliphatic carbocycles. The summed E-state index contributed by atoms with van der Waals surface area (Å²) in [5, 5.41) is 2.90. The molecule has 6 heteroatoms. The molecule has 0 fully saturated rings. The van der Waals surface area contributed by atoms with E-state index in [0.717, 1.165) is 31.0 Å². The Morgan fingerprint density at radius 2 is 2.17 bits per heavy atom. The molecular formula is C17H22N4O2. The van der Waals surface area contributed by atoms with Crippen LogP contribution in [0.1, 0.15) is 11.4 Å². The lowest BCUT2D eigenvalue weighted by Gasteiger charge is -2.25. The first-order valence-electron chi connectivity index (χ1n) is 7.88. The summed E-state index contributed by atoms with van der Waals surface area (Å²) in [6, 6.07) is 9.60. The van der Waals surface area contributed by atoms with Gasteiger partial charge in [-0.2, -0.15) is 0 Å². The third kappa shape index (κ3) is 4.10. The predicted octanol–water partition coefficient (Wildman–Crippen LogP) is 0.973. The van der Waals surface area contributed by atoms with Gasteiger partial charge >= 0.3 is 0 Å². The molecule has 0 spiro atoms. The lowest BCUT2D eigenvalue weighted by atomic mass is 10.1. The molecule has 122 valence electrons. The van der Waals surface area contributed by atoms with E-state index in [-0.39, 0.29) is 5.91 Å². The Morgan fingerprint density at radius 3 is 3.00 bits per heavy atom. The van der Waals surface area contributed by atoms with Gasteiger partial charge in [-0.15, -0.1) is 0 Å². The number of carbonyl (C=O) groups excluding carboxylic acids is 1. The van der Waals surface area contributed by atoms with E-state index < -0.39 is 0 Å². The molecule has 0 saturated heterocycles. The molecule has 0 bridgehead atoms. The number of hydrogen-bond donors (Lipinski definition) is 1. The van der Waals surface area contributed by atoms with Crippen molar-refractivity contribution < 1.29 is 9.53 Å². The molecule has 0 unspecified atom stereocenters. The molecule has 3 rings (SSSR count). The zero-order valence-corrected chi connectivity index (χ0v) is 13.4. The van der Waals surface area contributed by atoms with Crippen LogP contribution in [0.4, 0.5) is 0 Å². The van der Waals surface area contributed by atoms with Crippen LogP contribution in [0.5, 0.6) is 5.75 Å². The molecule has 2 aromatic rings. The second-order valence-corrected chi connectivity index (χ2v) is 5.72. The third-order valence-electron chi connectivity index (χ3n) is 3.99. The van der Waals surface area contributed by atoms with E-state index in [1.165, 1.54) is 5.69 Å². The number of benzene rings is 1. The molecule has 1 aromatic carbocycles.